The van der Waals surface area contributed by atoms with Gasteiger partial charge in [-0.2, -0.15) is 0 Å². The lowest BCUT2D eigenvalue weighted by Crippen LogP contribution is -2.39. The molecule has 1 heterocycles. The molecule has 0 radical (unpaired) electrons. The molecule has 24 heavy (non-hydrogen) atoms. The molecule has 3 heteroatoms. The lowest BCUT2D eigenvalue weighted by atomic mass is 10.00. The molecule has 2 aromatic carbocycles. The van der Waals surface area contributed by atoms with E-state index in [1.165, 1.54) is 16.7 Å². The number of nitrogens with zero attached hydrogens (tertiary/aromatic N) is 1. The molecule has 3 nitrogen and oxygen atoms in total. The van der Waals surface area contributed by atoms with E-state index in [2.05, 4.69) is 71.7 Å². The van der Waals surface area contributed by atoms with Crippen molar-refractivity contribution in [2.45, 2.75) is 19.9 Å². The van der Waals surface area contributed by atoms with Crippen LogP contribution in [-0.2, 0) is 11.3 Å². The molecule has 0 aromatic heterocycles. The first kappa shape index (κ1) is 16.5. The van der Waals surface area contributed by atoms with Crippen molar-refractivity contribution in [1.82, 2.24) is 10.2 Å². The molecule has 3 rings (SSSR count). The van der Waals surface area contributed by atoms with Crippen molar-refractivity contribution in [3.63, 3.8) is 0 Å². The summed E-state index contributed by atoms with van der Waals surface area (Å²) < 4.78 is 0. The van der Waals surface area contributed by atoms with Crippen molar-refractivity contribution < 1.29 is 4.79 Å². The first-order valence-corrected chi connectivity index (χ1v) is 8.50. The number of amides is 1. The van der Waals surface area contributed by atoms with Gasteiger partial charge in [-0.1, -0.05) is 66.2 Å². The summed E-state index contributed by atoms with van der Waals surface area (Å²) in [7, 11) is 0. The fraction of sp³-hybridized carbons (Fsp3) is 0.286. The smallest absolute Gasteiger partial charge is 0.234 e. The number of carbonyl (C=O) groups is 1. The lowest BCUT2D eigenvalue weighted by Gasteiger charge is -2.25. The molecular formula is C21H24N2O. The van der Waals surface area contributed by atoms with E-state index in [-0.39, 0.29) is 5.91 Å². The van der Waals surface area contributed by atoms with Crippen LogP contribution >= 0.6 is 0 Å². The topological polar surface area (TPSA) is 32.3 Å². The maximum Gasteiger partial charge on any atom is 0.234 e. The molecule has 0 saturated carbocycles. The van der Waals surface area contributed by atoms with Gasteiger partial charge in [0.25, 0.3) is 0 Å². The van der Waals surface area contributed by atoms with Crippen molar-refractivity contribution in [3.05, 3.63) is 77.4 Å². The molecule has 2 aromatic rings. The Labute approximate surface area is 144 Å². The van der Waals surface area contributed by atoms with Gasteiger partial charge in [0.1, 0.15) is 0 Å². The summed E-state index contributed by atoms with van der Waals surface area (Å²) >= 11 is 0. The van der Waals surface area contributed by atoms with Crippen LogP contribution in [0, 0.1) is 6.92 Å². The number of hydrogen-bond donors (Lipinski definition) is 1. The molecule has 0 bridgehead atoms. The van der Waals surface area contributed by atoms with E-state index in [9.17, 15) is 4.79 Å². The first-order valence-electron chi connectivity index (χ1n) is 8.50. The zero-order valence-corrected chi connectivity index (χ0v) is 14.2. The van der Waals surface area contributed by atoms with Crippen LogP contribution in [-0.4, -0.2) is 30.4 Å². The average Bonchev–Trinajstić information content (AvgIpc) is 2.63. The molecule has 1 N–H and O–H groups in total. The quantitative estimate of drug-likeness (QED) is 0.916. The van der Waals surface area contributed by atoms with Gasteiger partial charge in [-0.25, -0.2) is 0 Å². The zero-order valence-electron chi connectivity index (χ0n) is 14.2. The van der Waals surface area contributed by atoms with Crippen LogP contribution in [0.5, 0.6) is 0 Å². The Morgan fingerprint density at radius 1 is 1.08 bits per heavy atom. The predicted molar refractivity (Wildman–Crippen MR) is 98.5 cm³/mol. The van der Waals surface area contributed by atoms with Crippen LogP contribution in [0.1, 0.15) is 23.1 Å². The summed E-state index contributed by atoms with van der Waals surface area (Å²) in [4.78, 5) is 14.3. The van der Waals surface area contributed by atoms with Crippen LogP contribution in [0.3, 0.4) is 0 Å². The molecule has 1 amide bonds. The van der Waals surface area contributed by atoms with Crippen LogP contribution in [0.25, 0.3) is 5.57 Å². The van der Waals surface area contributed by atoms with E-state index in [0.29, 0.717) is 13.1 Å². The Kier molecular flexibility index (Phi) is 5.44. The van der Waals surface area contributed by atoms with E-state index in [4.69, 9.17) is 0 Å². The third-order valence-electron chi connectivity index (χ3n) is 4.42. The van der Waals surface area contributed by atoms with Gasteiger partial charge in [0.05, 0.1) is 6.54 Å². The van der Waals surface area contributed by atoms with Crippen molar-refractivity contribution in [2.24, 2.45) is 0 Å². The zero-order chi connectivity index (χ0) is 16.8. The summed E-state index contributed by atoms with van der Waals surface area (Å²) in [5.41, 5.74) is 5.05. The minimum Gasteiger partial charge on any atom is -0.351 e. The van der Waals surface area contributed by atoms with Gasteiger partial charge in [0, 0.05) is 19.6 Å². The van der Waals surface area contributed by atoms with Crippen LogP contribution in [0.2, 0.25) is 0 Å². The SMILES string of the molecule is Cc1ccc(CNC(=O)CN2CC=C(c3ccccc3)CC2)cc1. The molecule has 0 spiro atoms. The van der Waals surface area contributed by atoms with Gasteiger partial charge in [0.15, 0.2) is 0 Å². The fourth-order valence-corrected chi connectivity index (χ4v) is 2.93. The van der Waals surface area contributed by atoms with Crippen LogP contribution in [0.15, 0.2) is 60.7 Å². The normalized spacial score (nSPS) is 15.0. The Morgan fingerprint density at radius 3 is 2.50 bits per heavy atom. The van der Waals surface area contributed by atoms with Gasteiger partial charge in [-0.3, -0.25) is 9.69 Å². The van der Waals surface area contributed by atoms with Gasteiger partial charge < -0.3 is 5.32 Å². The second kappa shape index (κ2) is 7.93. The first-order chi connectivity index (χ1) is 11.7. The number of aryl methyl sites for hydroxylation is 1. The number of rotatable bonds is 5. The number of hydrogen-bond acceptors (Lipinski definition) is 2. The van der Waals surface area contributed by atoms with Crippen molar-refractivity contribution in [2.75, 3.05) is 19.6 Å². The molecule has 124 valence electrons. The maximum absolute atomic E-state index is 12.1. The van der Waals surface area contributed by atoms with Gasteiger partial charge in [-0.15, -0.1) is 0 Å². The summed E-state index contributed by atoms with van der Waals surface area (Å²) in [6.45, 7) is 4.89. The maximum atomic E-state index is 12.1. The minimum absolute atomic E-state index is 0.0899. The molecular weight excluding hydrogens is 296 g/mol. The molecule has 1 aliphatic heterocycles. The standard InChI is InChI=1S/C21H24N2O/c1-17-7-9-18(10-8-17)15-22-21(24)16-23-13-11-20(12-14-23)19-5-3-2-4-6-19/h2-11H,12-16H2,1H3,(H,22,24). The number of carbonyl (C=O) groups excluding carboxylic acids is 1. The highest BCUT2D eigenvalue weighted by Crippen LogP contribution is 2.21. The molecule has 0 saturated heterocycles. The highest BCUT2D eigenvalue weighted by atomic mass is 16.2. The molecule has 0 fully saturated rings. The molecule has 0 atom stereocenters. The van der Waals surface area contributed by atoms with Gasteiger partial charge in [0.2, 0.25) is 5.91 Å². The minimum atomic E-state index is 0.0899. The lowest BCUT2D eigenvalue weighted by molar-refractivity contribution is -0.122. The number of benzene rings is 2. The van der Waals surface area contributed by atoms with Crippen LogP contribution < -0.4 is 5.32 Å². The van der Waals surface area contributed by atoms with Crippen LogP contribution in [0.4, 0.5) is 0 Å². The van der Waals surface area contributed by atoms with E-state index in [0.717, 1.165) is 25.1 Å². The fourth-order valence-electron chi connectivity index (χ4n) is 2.93. The molecule has 0 unspecified atom stereocenters. The monoisotopic (exact) mass is 320 g/mol. The molecule has 1 aliphatic rings. The highest BCUT2D eigenvalue weighted by Gasteiger charge is 2.15. The molecule has 0 aliphatic carbocycles. The Morgan fingerprint density at radius 2 is 1.83 bits per heavy atom. The summed E-state index contributed by atoms with van der Waals surface area (Å²) in [5, 5.41) is 3.01. The van der Waals surface area contributed by atoms with E-state index < -0.39 is 0 Å². The van der Waals surface area contributed by atoms with E-state index in [1.54, 1.807) is 0 Å². The van der Waals surface area contributed by atoms with Gasteiger partial charge >= 0.3 is 0 Å². The van der Waals surface area contributed by atoms with Crippen molar-refractivity contribution in [3.8, 4) is 0 Å². The predicted octanol–water partition coefficient (Wildman–Crippen LogP) is 3.40. The third-order valence-corrected chi connectivity index (χ3v) is 4.42. The Hall–Kier alpha value is -2.39. The summed E-state index contributed by atoms with van der Waals surface area (Å²) in [6.07, 6.45) is 3.24. The average molecular weight is 320 g/mol. The van der Waals surface area contributed by atoms with Crippen molar-refractivity contribution in [1.29, 1.82) is 0 Å². The van der Waals surface area contributed by atoms with Crippen molar-refractivity contribution >= 4 is 11.5 Å². The van der Waals surface area contributed by atoms with E-state index in [1.807, 2.05) is 6.07 Å². The Balaban J connectivity index is 1.46. The second-order valence-corrected chi connectivity index (χ2v) is 6.34. The van der Waals surface area contributed by atoms with Gasteiger partial charge in [-0.05, 0) is 30.0 Å². The summed E-state index contributed by atoms with van der Waals surface area (Å²) in [5.74, 6) is 0.0899. The third kappa shape index (κ3) is 4.56. The number of nitrogens with one attached hydrogen (secondary N) is 1. The summed E-state index contributed by atoms with van der Waals surface area (Å²) in [6, 6.07) is 18.7. The largest absolute Gasteiger partial charge is 0.351 e. The second-order valence-electron chi connectivity index (χ2n) is 6.34. The Bertz CT molecular complexity index is 704. The highest BCUT2D eigenvalue weighted by molar-refractivity contribution is 5.78. The van der Waals surface area contributed by atoms with E-state index >= 15 is 0 Å².